The molecule has 0 N–H and O–H groups in total. The van der Waals surface area contributed by atoms with Crippen LogP contribution in [0.3, 0.4) is 0 Å². The minimum atomic E-state index is -0.0185. The molecule has 2 radical (unpaired) electrons. The van der Waals surface area contributed by atoms with Crippen LogP contribution in [-0.4, -0.2) is 5.17 Å². The molecule has 3 heteroatoms. The topological polar surface area (TPSA) is 22.3 Å². The normalized spacial score (nSPS) is 8.00. The fraction of sp³-hybridized carbons (Fsp3) is 0.750. The zero-order valence-corrected chi connectivity index (χ0v) is 5.79. The van der Waals surface area contributed by atoms with Crippen LogP contribution in [0.5, 0.6) is 0 Å². The highest BCUT2D eigenvalue weighted by Gasteiger charge is 2.10. The summed E-state index contributed by atoms with van der Waals surface area (Å²) in [5.41, 5.74) is 0. The van der Waals surface area contributed by atoms with Crippen LogP contribution in [0.2, 0.25) is 0 Å². The summed E-state index contributed by atoms with van der Waals surface area (Å²) in [7, 11) is 0. The summed E-state index contributed by atoms with van der Waals surface area (Å²) in [6.07, 6.45) is 0. The molecule has 0 aromatic heterocycles. The van der Waals surface area contributed by atoms with E-state index >= 15 is 0 Å². The SMILES string of the molecule is CC(C)C(=[N+])Cl.[Cl-]. The van der Waals surface area contributed by atoms with Crippen LogP contribution in [0.1, 0.15) is 13.8 Å². The Labute approximate surface area is 55.0 Å². The van der Waals surface area contributed by atoms with E-state index in [4.69, 9.17) is 17.0 Å². The van der Waals surface area contributed by atoms with Gasteiger partial charge >= 0.3 is 10.6 Å². The van der Waals surface area contributed by atoms with Gasteiger partial charge in [-0.2, -0.15) is 0 Å². The van der Waals surface area contributed by atoms with Gasteiger partial charge in [0, 0.05) is 0 Å². The van der Waals surface area contributed by atoms with E-state index in [-0.39, 0.29) is 23.5 Å². The van der Waals surface area contributed by atoms with Crippen LogP contribution in [0, 0.1) is 5.92 Å². The Morgan fingerprint density at radius 1 is 1.57 bits per heavy atom. The fourth-order valence-corrected chi connectivity index (χ4v) is 0. The molecule has 0 aliphatic carbocycles. The molecule has 7 heavy (non-hydrogen) atoms. The first kappa shape index (κ1) is 10.3. The predicted octanol–water partition coefficient (Wildman–Crippen LogP) is -1.92. The number of hydrogen-bond acceptors (Lipinski definition) is 0. The highest BCUT2D eigenvalue weighted by Crippen LogP contribution is 1.94. The van der Waals surface area contributed by atoms with Crippen LogP contribution in [0.4, 0.5) is 0 Å². The molecule has 0 aromatic rings. The third-order valence-electron chi connectivity index (χ3n) is 0.476. The van der Waals surface area contributed by atoms with Gasteiger partial charge in [0.2, 0.25) is 0 Å². The van der Waals surface area contributed by atoms with Crippen LogP contribution in [0.25, 0.3) is 0 Å². The van der Waals surface area contributed by atoms with Gasteiger partial charge < -0.3 is 12.4 Å². The van der Waals surface area contributed by atoms with Gasteiger partial charge in [-0.25, -0.2) is 0 Å². The van der Waals surface area contributed by atoms with Crippen LogP contribution in [-0.2, 0) is 0 Å². The quantitative estimate of drug-likeness (QED) is 0.379. The van der Waals surface area contributed by atoms with Gasteiger partial charge in [-0.05, 0) is 11.6 Å². The molecule has 0 aromatic carbocycles. The summed E-state index contributed by atoms with van der Waals surface area (Å²) in [6, 6.07) is 0. The summed E-state index contributed by atoms with van der Waals surface area (Å²) < 4.78 is 0. The number of halogens is 2. The van der Waals surface area contributed by atoms with E-state index in [1.54, 1.807) is 0 Å². The van der Waals surface area contributed by atoms with Crippen molar-refractivity contribution in [1.82, 2.24) is 5.41 Å². The second kappa shape index (κ2) is 4.41. The van der Waals surface area contributed by atoms with E-state index in [2.05, 4.69) is 0 Å². The number of rotatable bonds is 1. The van der Waals surface area contributed by atoms with Crippen LogP contribution < -0.4 is 17.8 Å². The lowest BCUT2D eigenvalue weighted by Crippen LogP contribution is -3.00. The van der Waals surface area contributed by atoms with Gasteiger partial charge in [0.05, 0.1) is 5.92 Å². The number of hydrogen-bond donors (Lipinski definition) is 0. The smallest absolute Gasteiger partial charge is 0.438 e. The molecule has 0 saturated carbocycles. The lowest BCUT2D eigenvalue weighted by molar-refractivity contribution is -0.00000150. The maximum Gasteiger partial charge on any atom is 0.438 e. The summed E-state index contributed by atoms with van der Waals surface area (Å²) in [6.45, 7) is 3.64. The molecule has 0 rings (SSSR count). The minimum Gasteiger partial charge on any atom is -1.00 e. The van der Waals surface area contributed by atoms with Crippen molar-refractivity contribution in [1.29, 1.82) is 0 Å². The number of nitrogens with zero attached hydrogens (tertiary/aromatic N) is 1. The second-order valence-corrected chi connectivity index (χ2v) is 1.86. The zero-order chi connectivity index (χ0) is 5.15. The maximum atomic E-state index is 8.31. The average molecular weight is 140 g/mol. The van der Waals surface area contributed by atoms with E-state index in [1.165, 1.54) is 0 Å². The molecule has 0 bridgehead atoms. The van der Waals surface area contributed by atoms with Crippen LogP contribution in [0.15, 0.2) is 0 Å². The predicted molar refractivity (Wildman–Crippen MR) is 27.8 cm³/mol. The first-order valence-electron chi connectivity index (χ1n) is 1.86. The Morgan fingerprint density at radius 2 is 1.71 bits per heavy atom. The fourth-order valence-electron chi connectivity index (χ4n) is 0. The van der Waals surface area contributed by atoms with Gasteiger partial charge in [-0.1, -0.05) is 13.8 Å². The van der Waals surface area contributed by atoms with Crippen molar-refractivity contribution in [3.63, 3.8) is 0 Å². The monoisotopic (exact) mass is 139 g/mol. The van der Waals surface area contributed by atoms with Gasteiger partial charge in [-0.15, -0.1) is 0 Å². The third-order valence-corrected chi connectivity index (χ3v) is 0.913. The Balaban J connectivity index is 0. The van der Waals surface area contributed by atoms with Crippen molar-refractivity contribution in [3.8, 4) is 0 Å². The Hall–Kier alpha value is 0.250. The molecule has 0 aliphatic rings. The summed E-state index contributed by atoms with van der Waals surface area (Å²) in [5.74, 6) is 0.0895. The summed E-state index contributed by atoms with van der Waals surface area (Å²) in [4.78, 5) is 0. The van der Waals surface area contributed by atoms with E-state index in [0.717, 1.165) is 0 Å². The van der Waals surface area contributed by atoms with E-state index in [1.807, 2.05) is 13.8 Å². The molecule has 0 saturated heterocycles. The summed E-state index contributed by atoms with van der Waals surface area (Å²) >= 11 is 5.08. The zero-order valence-electron chi connectivity index (χ0n) is 4.28. The Kier molecular flexibility index (Phi) is 6.47. The molecular weight excluding hydrogens is 133 g/mol. The van der Waals surface area contributed by atoms with Crippen molar-refractivity contribution in [2.75, 3.05) is 0 Å². The van der Waals surface area contributed by atoms with Gasteiger partial charge in [-0.3, -0.25) is 0 Å². The lowest BCUT2D eigenvalue weighted by Gasteiger charge is -1.79. The minimum absolute atomic E-state index is 0. The van der Waals surface area contributed by atoms with Crippen molar-refractivity contribution >= 4 is 16.8 Å². The molecule has 0 aliphatic heterocycles. The molecule has 0 amide bonds. The van der Waals surface area contributed by atoms with E-state index in [0.29, 0.717) is 0 Å². The van der Waals surface area contributed by atoms with Crippen molar-refractivity contribution in [2.45, 2.75) is 13.8 Å². The average Bonchev–Trinajstić information content (AvgIpc) is 1.36. The Bertz CT molecular complexity index is 60.7. The first-order chi connectivity index (χ1) is 2.64. The second-order valence-electron chi connectivity index (χ2n) is 1.48. The van der Waals surface area contributed by atoms with Gasteiger partial charge in [0.25, 0.3) is 0 Å². The van der Waals surface area contributed by atoms with E-state index in [9.17, 15) is 0 Å². The van der Waals surface area contributed by atoms with Crippen molar-refractivity contribution in [3.05, 3.63) is 0 Å². The highest BCUT2D eigenvalue weighted by atomic mass is 35.5. The molecule has 0 unspecified atom stereocenters. The largest absolute Gasteiger partial charge is 1.00 e. The Morgan fingerprint density at radius 3 is 1.71 bits per heavy atom. The highest BCUT2D eigenvalue weighted by molar-refractivity contribution is 6.65. The van der Waals surface area contributed by atoms with Gasteiger partial charge in [0.1, 0.15) is 0 Å². The molecule has 0 atom stereocenters. The van der Waals surface area contributed by atoms with Gasteiger partial charge in [0.15, 0.2) is 0 Å². The molecule has 0 fully saturated rings. The molecule has 0 spiro atoms. The van der Waals surface area contributed by atoms with Crippen molar-refractivity contribution < 1.29 is 12.4 Å². The van der Waals surface area contributed by atoms with E-state index < -0.39 is 0 Å². The summed E-state index contributed by atoms with van der Waals surface area (Å²) in [5, 5.41) is 8.29. The van der Waals surface area contributed by atoms with Crippen LogP contribution >= 0.6 is 11.6 Å². The molecule has 42 valence electrons. The van der Waals surface area contributed by atoms with Crippen molar-refractivity contribution in [2.24, 2.45) is 5.92 Å². The molecular formula is C4H7Cl2N. The molecule has 1 nitrogen and oxygen atoms in total. The standard InChI is InChI=1S/C4H7ClN.ClH/c1-3(2)4(5)6;/h3H,1-2H3;1H/q+1;/p-1. The third kappa shape index (κ3) is 6.25. The maximum absolute atomic E-state index is 8.31. The first-order valence-corrected chi connectivity index (χ1v) is 2.23. The lowest BCUT2D eigenvalue weighted by atomic mass is 10.2. The molecule has 0 heterocycles.